The molecule has 1 N–H and O–H groups in total. The van der Waals surface area contributed by atoms with E-state index < -0.39 is 76.0 Å². The van der Waals surface area contributed by atoms with Crippen molar-refractivity contribution in [2.75, 3.05) is 6.61 Å². The van der Waals surface area contributed by atoms with Crippen molar-refractivity contribution in [3.05, 3.63) is 82.0 Å². The van der Waals surface area contributed by atoms with Crippen molar-refractivity contribution in [3.63, 3.8) is 0 Å². The number of ether oxygens (including phenoxy) is 4. The smallest absolute Gasteiger partial charge is 0.345 e. The van der Waals surface area contributed by atoms with Gasteiger partial charge in [-0.2, -0.15) is 5.26 Å². The maximum atomic E-state index is 13.8. The zero-order valence-corrected chi connectivity index (χ0v) is 29.5. The van der Waals surface area contributed by atoms with E-state index in [0.29, 0.717) is 24.0 Å². The third-order valence-corrected chi connectivity index (χ3v) is 11.3. The van der Waals surface area contributed by atoms with Gasteiger partial charge in [-0.05, 0) is 73.9 Å². The second-order valence-electron chi connectivity index (χ2n) is 14.9. The number of aliphatic hydroxyl groups excluding tert-OH is 1. The van der Waals surface area contributed by atoms with E-state index in [0.717, 1.165) is 0 Å². The highest BCUT2D eigenvalue weighted by Gasteiger charge is 2.71. The molecule has 12 nitrogen and oxygen atoms in total. The summed E-state index contributed by atoms with van der Waals surface area (Å²) >= 11 is 0. The molecule has 3 aliphatic rings. The first-order chi connectivity index (χ1) is 24.1. The lowest BCUT2D eigenvalue weighted by Gasteiger charge is -2.66. The Hall–Kier alpha value is -5.02. The number of fused-ring (bicyclic) bond motifs is 4. The Morgan fingerprint density at radius 2 is 1.82 bits per heavy atom. The molecule has 2 aromatic heterocycles. The molecule has 3 unspecified atom stereocenters. The van der Waals surface area contributed by atoms with Crippen molar-refractivity contribution < 1.29 is 42.9 Å². The second-order valence-corrected chi connectivity index (χ2v) is 14.9. The number of esters is 3. The van der Waals surface area contributed by atoms with Crippen LogP contribution in [0.4, 0.5) is 0 Å². The van der Waals surface area contributed by atoms with Crippen LogP contribution >= 0.6 is 0 Å². The summed E-state index contributed by atoms with van der Waals surface area (Å²) in [4.78, 5) is 56.9. The molecule has 3 heterocycles. The number of pyridine rings is 1. The Morgan fingerprint density at radius 1 is 1.10 bits per heavy atom. The predicted octanol–water partition coefficient (Wildman–Crippen LogP) is 5.56. The minimum atomic E-state index is -1.42. The number of hydrogen-bond acceptors (Lipinski definition) is 12. The van der Waals surface area contributed by atoms with Crippen LogP contribution in [-0.4, -0.2) is 52.4 Å². The predicted molar refractivity (Wildman–Crippen MR) is 181 cm³/mol. The molecule has 268 valence electrons. The van der Waals surface area contributed by atoms with Crippen LogP contribution in [0.3, 0.4) is 0 Å². The average molecular weight is 699 g/mol. The molecule has 2 fully saturated rings. The van der Waals surface area contributed by atoms with E-state index in [2.05, 4.69) is 4.98 Å². The van der Waals surface area contributed by atoms with Crippen molar-refractivity contribution in [2.45, 2.75) is 84.7 Å². The van der Waals surface area contributed by atoms with E-state index in [1.165, 1.54) is 37.4 Å². The number of carbonyl (C=O) groups is 3. The lowest BCUT2D eigenvalue weighted by molar-refractivity contribution is -0.267. The summed E-state index contributed by atoms with van der Waals surface area (Å²) in [6, 6.07) is 13.0. The van der Waals surface area contributed by atoms with Crippen molar-refractivity contribution in [1.29, 1.82) is 5.26 Å². The number of hydrogen-bond donors (Lipinski definition) is 1. The van der Waals surface area contributed by atoms with Gasteiger partial charge in [0.15, 0.2) is 0 Å². The molecule has 3 aromatic rings. The van der Waals surface area contributed by atoms with Gasteiger partial charge in [-0.1, -0.05) is 27.7 Å². The summed E-state index contributed by atoms with van der Waals surface area (Å²) < 4.78 is 30.6. The van der Waals surface area contributed by atoms with E-state index in [-0.39, 0.29) is 35.7 Å². The monoisotopic (exact) mass is 698 g/mol. The fraction of sp³-hybridized carbons (Fsp3) is 0.487. The molecular formula is C39H42N2O10. The third-order valence-electron chi connectivity index (χ3n) is 11.3. The van der Waals surface area contributed by atoms with Gasteiger partial charge in [0.05, 0.1) is 29.2 Å². The van der Waals surface area contributed by atoms with E-state index in [9.17, 15) is 29.5 Å². The van der Waals surface area contributed by atoms with Crippen LogP contribution in [0.5, 0.6) is 5.75 Å². The average Bonchev–Trinajstić information content (AvgIpc) is 3.09. The molecule has 51 heavy (non-hydrogen) atoms. The Kier molecular flexibility index (Phi) is 9.31. The van der Waals surface area contributed by atoms with Gasteiger partial charge < -0.3 is 28.5 Å². The zero-order chi connectivity index (χ0) is 36.9. The van der Waals surface area contributed by atoms with Gasteiger partial charge in [0.25, 0.3) is 0 Å². The zero-order valence-electron chi connectivity index (χ0n) is 29.5. The first-order valence-corrected chi connectivity index (χ1v) is 17.1. The fourth-order valence-electron chi connectivity index (χ4n) is 8.79. The molecule has 0 radical (unpaired) electrons. The van der Waals surface area contributed by atoms with Crippen LogP contribution in [-0.2, 0) is 23.8 Å². The Labute approximate surface area is 295 Å². The SMILES string of the molecule is CC(=O)OC[C@@]1(C)C2C[C@H](OC(=O)c3ccc(C#N)cc3)[C@@]3(C)Oc4cc(-c5cccnc5)oc(=O)c4C(O)C3[C@@]2(C)CC[C@@H]1OC(=O)C(C)C. The number of aliphatic hydroxyl groups is 1. The summed E-state index contributed by atoms with van der Waals surface area (Å²) in [5.41, 5.74) is -2.95. The molecule has 2 aliphatic carbocycles. The molecule has 0 amide bonds. The lowest BCUT2D eigenvalue weighted by Crippen LogP contribution is -2.71. The van der Waals surface area contributed by atoms with E-state index in [4.69, 9.17) is 23.4 Å². The van der Waals surface area contributed by atoms with Crippen LogP contribution in [0.2, 0.25) is 0 Å². The largest absolute Gasteiger partial charge is 0.482 e. The van der Waals surface area contributed by atoms with Gasteiger partial charge in [0.2, 0.25) is 0 Å². The Balaban J connectivity index is 1.50. The lowest BCUT2D eigenvalue weighted by atomic mass is 9.42. The highest BCUT2D eigenvalue weighted by molar-refractivity contribution is 5.89. The number of carbonyl (C=O) groups excluding carboxylic acids is 3. The highest BCUT2D eigenvalue weighted by atomic mass is 16.6. The first kappa shape index (κ1) is 35.8. The molecule has 1 aromatic carbocycles. The van der Waals surface area contributed by atoms with Crippen LogP contribution in [0.1, 0.15) is 88.4 Å². The third kappa shape index (κ3) is 6.18. The molecule has 12 heteroatoms. The summed E-state index contributed by atoms with van der Waals surface area (Å²) in [6.45, 7) is 10.3. The van der Waals surface area contributed by atoms with Crippen molar-refractivity contribution in [1.82, 2.24) is 4.98 Å². The molecule has 0 spiro atoms. The van der Waals surface area contributed by atoms with Crippen molar-refractivity contribution in [2.24, 2.45) is 28.6 Å². The highest BCUT2D eigenvalue weighted by Crippen LogP contribution is 2.67. The standard InChI is InChI=1S/C39H42N2O10/c1-21(2)34(44)49-29-13-14-37(4)28(38(29,5)20-47-22(3)42)17-30(50-35(45)24-11-9-23(18-40)10-12-24)39(6)33(37)32(43)31-27(51-39)16-26(48-36(31)46)25-8-7-15-41-19-25/h7-12,15-16,19,21,28-30,32-33,43H,13-14,17,20H2,1-6H3/t28?,29-,30-,32?,33?,37-,38-,39+/m0/s1. The topological polar surface area (TPSA) is 175 Å². The molecule has 0 bridgehead atoms. The van der Waals surface area contributed by atoms with E-state index >= 15 is 0 Å². The summed E-state index contributed by atoms with van der Waals surface area (Å²) in [5, 5.41) is 21.6. The van der Waals surface area contributed by atoms with Gasteiger partial charge in [-0.3, -0.25) is 14.6 Å². The number of rotatable bonds is 7. The number of nitrogens with zero attached hydrogens (tertiary/aromatic N) is 2. The number of nitriles is 1. The normalized spacial score (nSPS) is 30.8. The first-order valence-electron chi connectivity index (χ1n) is 17.1. The molecule has 0 saturated heterocycles. The van der Waals surface area contributed by atoms with Gasteiger partial charge in [-0.15, -0.1) is 0 Å². The maximum Gasteiger partial charge on any atom is 0.345 e. The summed E-state index contributed by atoms with van der Waals surface area (Å²) in [7, 11) is 0. The van der Waals surface area contributed by atoms with E-state index in [1.54, 1.807) is 45.2 Å². The van der Waals surface area contributed by atoms with Crippen LogP contribution in [0.15, 0.2) is 64.1 Å². The van der Waals surface area contributed by atoms with Crippen LogP contribution < -0.4 is 10.4 Å². The van der Waals surface area contributed by atoms with Gasteiger partial charge in [-0.25, -0.2) is 9.59 Å². The quantitative estimate of drug-likeness (QED) is 0.241. The molecule has 6 rings (SSSR count). The van der Waals surface area contributed by atoms with Crippen LogP contribution in [0.25, 0.3) is 11.3 Å². The van der Waals surface area contributed by atoms with Gasteiger partial charge in [0.1, 0.15) is 41.5 Å². The summed E-state index contributed by atoms with van der Waals surface area (Å²) in [5.74, 6) is -3.05. The maximum absolute atomic E-state index is 13.8. The van der Waals surface area contributed by atoms with Crippen molar-refractivity contribution >= 4 is 17.9 Å². The minimum Gasteiger partial charge on any atom is -0.482 e. The molecular weight excluding hydrogens is 656 g/mol. The van der Waals surface area contributed by atoms with E-state index in [1.807, 2.05) is 19.9 Å². The van der Waals surface area contributed by atoms with Gasteiger partial charge >= 0.3 is 23.5 Å². The minimum absolute atomic E-state index is 0.0563. The molecule has 2 saturated carbocycles. The number of benzene rings is 1. The Bertz CT molecular complexity index is 1940. The summed E-state index contributed by atoms with van der Waals surface area (Å²) in [6.07, 6.45) is 1.01. The molecule has 1 aliphatic heterocycles. The van der Waals surface area contributed by atoms with Gasteiger partial charge in [0, 0.05) is 42.3 Å². The van der Waals surface area contributed by atoms with Crippen LogP contribution in [0, 0.1) is 39.9 Å². The van der Waals surface area contributed by atoms with Crippen molar-refractivity contribution in [3.8, 4) is 23.1 Å². The number of aromatic nitrogens is 1. The fourth-order valence-corrected chi connectivity index (χ4v) is 8.79. The second kappa shape index (κ2) is 13.3. The molecule has 8 atom stereocenters. The Morgan fingerprint density at radius 3 is 2.45 bits per heavy atom.